The Bertz CT molecular complexity index is 293. The summed E-state index contributed by atoms with van der Waals surface area (Å²) < 4.78 is 0. The molecule has 1 aromatic rings. The van der Waals surface area contributed by atoms with Crippen LogP contribution in [0.3, 0.4) is 0 Å². The van der Waals surface area contributed by atoms with Gasteiger partial charge in [-0.2, -0.15) is 0 Å². The number of hydrogen-bond donors (Lipinski definition) is 2. The minimum Gasteiger partial charge on any atom is -0.376 e. The lowest BCUT2D eigenvalue weighted by Crippen LogP contribution is -2.30. The molecule has 3 N–H and O–H groups in total. The van der Waals surface area contributed by atoms with Crippen LogP contribution in [0.25, 0.3) is 0 Å². The van der Waals surface area contributed by atoms with Crippen LogP contribution in [0.1, 0.15) is 18.1 Å². The van der Waals surface area contributed by atoms with Gasteiger partial charge in [-0.3, -0.25) is 0 Å². The number of benzene rings is 1. The van der Waals surface area contributed by atoms with Crippen molar-refractivity contribution in [1.29, 1.82) is 0 Å². The fourth-order valence-electron chi connectivity index (χ4n) is 1.27. The molecule has 0 aliphatic rings. The number of aryl methyl sites for hydroxylation is 1. The second-order valence-electron chi connectivity index (χ2n) is 3.21. The highest BCUT2D eigenvalue weighted by Crippen LogP contribution is 2.04. The van der Waals surface area contributed by atoms with Crippen LogP contribution in [0, 0.1) is 0 Å². The number of nitrogens with one attached hydrogen (secondary N) is 1. The molecular weight excluding hydrogens is 192 g/mol. The molecule has 2 nitrogen and oxygen atoms in total. The summed E-state index contributed by atoms with van der Waals surface area (Å²) in [6, 6.07) is 8.63. The lowest BCUT2D eigenvalue weighted by Gasteiger charge is -2.04. The van der Waals surface area contributed by atoms with Gasteiger partial charge < -0.3 is 11.1 Å². The highest BCUT2D eigenvalue weighted by atomic mass is 32.1. The Kier molecular flexibility index (Phi) is 4.40. The summed E-state index contributed by atoms with van der Waals surface area (Å²) in [5.74, 6) is 0. The van der Waals surface area contributed by atoms with Crippen LogP contribution < -0.4 is 11.1 Å². The molecule has 0 aromatic heterocycles. The molecular formula is C11H16N2S. The van der Waals surface area contributed by atoms with E-state index in [1.807, 2.05) is 0 Å². The molecule has 14 heavy (non-hydrogen) atoms. The van der Waals surface area contributed by atoms with Crippen LogP contribution in [-0.4, -0.2) is 11.7 Å². The molecule has 0 spiro atoms. The van der Waals surface area contributed by atoms with E-state index in [2.05, 4.69) is 36.5 Å². The van der Waals surface area contributed by atoms with Gasteiger partial charge in [-0.1, -0.05) is 31.2 Å². The molecule has 76 valence electrons. The zero-order valence-electron chi connectivity index (χ0n) is 8.42. The van der Waals surface area contributed by atoms with Crippen molar-refractivity contribution in [3.8, 4) is 0 Å². The standard InChI is InChI=1S/C11H16N2S/c1-2-9-3-5-10(6-4-9)7-8-13-11(12)14/h3-6H,2,7-8H2,1H3,(H3,12,13,14). The van der Waals surface area contributed by atoms with Gasteiger partial charge in [-0.25, -0.2) is 0 Å². The predicted octanol–water partition coefficient (Wildman–Crippen LogP) is 1.62. The highest BCUT2D eigenvalue weighted by Gasteiger charge is 1.93. The molecule has 0 unspecified atom stereocenters. The average molecular weight is 208 g/mol. The van der Waals surface area contributed by atoms with Crippen LogP contribution in [-0.2, 0) is 12.8 Å². The zero-order valence-corrected chi connectivity index (χ0v) is 9.23. The molecule has 0 atom stereocenters. The first-order valence-corrected chi connectivity index (χ1v) is 5.24. The lowest BCUT2D eigenvalue weighted by atomic mass is 10.1. The van der Waals surface area contributed by atoms with Crippen molar-refractivity contribution in [2.45, 2.75) is 19.8 Å². The summed E-state index contributed by atoms with van der Waals surface area (Å²) in [5.41, 5.74) is 8.00. The maximum Gasteiger partial charge on any atom is 0.163 e. The van der Waals surface area contributed by atoms with Crippen molar-refractivity contribution < 1.29 is 0 Å². The second-order valence-corrected chi connectivity index (χ2v) is 3.65. The van der Waals surface area contributed by atoms with Crippen molar-refractivity contribution in [1.82, 2.24) is 5.32 Å². The lowest BCUT2D eigenvalue weighted by molar-refractivity contribution is 0.868. The smallest absolute Gasteiger partial charge is 0.163 e. The van der Waals surface area contributed by atoms with E-state index in [0.29, 0.717) is 5.11 Å². The second kappa shape index (κ2) is 5.60. The topological polar surface area (TPSA) is 38.0 Å². The first-order chi connectivity index (χ1) is 6.72. The van der Waals surface area contributed by atoms with E-state index >= 15 is 0 Å². The van der Waals surface area contributed by atoms with Gasteiger partial charge in [0.15, 0.2) is 5.11 Å². The summed E-state index contributed by atoms with van der Waals surface area (Å²) in [4.78, 5) is 0. The van der Waals surface area contributed by atoms with E-state index in [0.717, 1.165) is 19.4 Å². The monoisotopic (exact) mass is 208 g/mol. The van der Waals surface area contributed by atoms with Gasteiger partial charge in [-0.05, 0) is 36.2 Å². The van der Waals surface area contributed by atoms with Crippen LogP contribution in [0.4, 0.5) is 0 Å². The van der Waals surface area contributed by atoms with Crippen molar-refractivity contribution >= 4 is 17.3 Å². The largest absolute Gasteiger partial charge is 0.376 e. The molecule has 3 heteroatoms. The average Bonchev–Trinajstić information content (AvgIpc) is 2.18. The number of hydrogen-bond acceptors (Lipinski definition) is 1. The molecule has 0 heterocycles. The Morgan fingerprint density at radius 3 is 2.36 bits per heavy atom. The summed E-state index contributed by atoms with van der Waals surface area (Å²) in [7, 11) is 0. The minimum absolute atomic E-state index is 0.371. The van der Waals surface area contributed by atoms with Crippen LogP contribution in [0.2, 0.25) is 0 Å². The molecule has 0 amide bonds. The van der Waals surface area contributed by atoms with E-state index in [-0.39, 0.29) is 0 Å². The van der Waals surface area contributed by atoms with Gasteiger partial charge >= 0.3 is 0 Å². The fourth-order valence-corrected chi connectivity index (χ4v) is 1.37. The van der Waals surface area contributed by atoms with Crippen LogP contribution in [0.15, 0.2) is 24.3 Å². The minimum atomic E-state index is 0.371. The third-order valence-electron chi connectivity index (χ3n) is 2.14. The first-order valence-electron chi connectivity index (χ1n) is 4.83. The number of rotatable bonds is 4. The van der Waals surface area contributed by atoms with Gasteiger partial charge in [0.25, 0.3) is 0 Å². The maximum atomic E-state index is 5.32. The van der Waals surface area contributed by atoms with Gasteiger partial charge in [0, 0.05) is 6.54 Å². The highest BCUT2D eigenvalue weighted by molar-refractivity contribution is 7.80. The summed E-state index contributed by atoms with van der Waals surface area (Å²) >= 11 is 4.72. The Labute approximate surface area is 90.5 Å². The maximum absolute atomic E-state index is 5.32. The molecule has 0 bridgehead atoms. The normalized spacial score (nSPS) is 9.79. The van der Waals surface area contributed by atoms with Gasteiger partial charge in [0.05, 0.1) is 0 Å². The number of nitrogens with two attached hydrogens (primary N) is 1. The van der Waals surface area contributed by atoms with E-state index in [1.165, 1.54) is 11.1 Å². The van der Waals surface area contributed by atoms with E-state index in [9.17, 15) is 0 Å². The molecule has 0 aliphatic heterocycles. The molecule has 0 fully saturated rings. The number of thiocarbonyl (C=S) groups is 1. The van der Waals surface area contributed by atoms with Crippen LogP contribution in [0.5, 0.6) is 0 Å². The van der Waals surface area contributed by atoms with Gasteiger partial charge in [0.2, 0.25) is 0 Å². The van der Waals surface area contributed by atoms with Crippen molar-refractivity contribution in [3.63, 3.8) is 0 Å². The SMILES string of the molecule is CCc1ccc(CCNC(N)=S)cc1. The van der Waals surface area contributed by atoms with Crippen molar-refractivity contribution in [2.24, 2.45) is 5.73 Å². The predicted molar refractivity (Wildman–Crippen MR) is 64.3 cm³/mol. The zero-order chi connectivity index (χ0) is 10.4. The molecule has 0 saturated carbocycles. The molecule has 0 saturated heterocycles. The van der Waals surface area contributed by atoms with E-state index < -0.39 is 0 Å². The quantitative estimate of drug-likeness (QED) is 0.739. The Balaban J connectivity index is 2.40. The Morgan fingerprint density at radius 1 is 1.29 bits per heavy atom. The molecule has 0 radical (unpaired) electrons. The van der Waals surface area contributed by atoms with E-state index in [1.54, 1.807) is 0 Å². The van der Waals surface area contributed by atoms with Crippen molar-refractivity contribution in [3.05, 3.63) is 35.4 Å². The van der Waals surface area contributed by atoms with Crippen molar-refractivity contribution in [2.75, 3.05) is 6.54 Å². The van der Waals surface area contributed by atoms with E-state index in [4.69, 9.17) is 18.0 Å². The summed E-state index contributed by atoms with van der Waals surface area (Å²) in [6.45, 7) is 2.96. The summed E-state index contributed by atoms with van der Waals surface area (Å²) in [5, 5.41) is 3.30. The third-order valence-corrected chi connectivity index (χ3v) is 2.29. The molecule has 0 aliphatic carbocycles. The molecule has 1 aromatic carbocycles. The third kappa shape index (κ3) is 3.75. The van der Waals surface area contributed by atoms with Crippen LogP contribution >= 0.6 is 12.2 Å². The van der Waals surface area contributed by atoms with Gasteiger partial charge in [-0.15, -0.1) is 0 Å². The van der Waals surface area contributed by atoms with Gasteiger partial charge in [0.1, 0.15) is 0 Å². The summed E-state index contributed by atoms with van der Waals surface area (Å²) in [6.07, 6.45) is 2.05. The Hall–Kier alpha value is -1.09. The first kappa shape index (κ1) is 11.0. The fraction of sp³-hybridized carbons (Fsp3) is 0.364. The molecule has 1 rings (SSSR count). The Morgan fingerprint density at radius 2 is 1.86 bits per heavy atom.